The molecule has 0 fully saturated rings. The third kappa shape index (κ3) is 4.62. The van der Waals surface area contributed by atoms with Gasteiger partial charge in [-0.15, -0.1) is 0 Å². The van der Waals surface area contributed by atoms with E-state index in [0.717, 1.165) is 12.1 Å². The summed E-state index contributed by atoms with van der Waals surface area (Å²) in [6.07, 6.45) is 8.62. The van der Waals surface area contributed by atoms with Crippen molar-refractivity contribution in [2.75, 3.05) is 25.6 Å². The minimum absolute atomic E-state index is 0.202. The third-order valence-corrected chi connectivity index (χ3v) is 4.92. The van der Waals surface area contributed by atoms with Gasteiger partial charge in [-0.05, 0) is 60.1 Å². The standard InChI is InChI=1S/C22H29NO2/c1-16(14-21(24)25-6)8-7-9-17(2)18-10-11-20-19(15-18)22(3,4)12-13-23(20)5/h7-11,14-15H,12-13H2,1-6H3/b8-7+,16-14+,17-9+. The van der Waals surface area contributed by atoms with Gasteiger partial charge < -0.3 is 9.64 Å². The number of esters is 1. The number of fused-ring (bicyclic) bond motifs is 1. The van der Waals surface area contributed by atoms with E-state index in [1.165, 1.54) is 42.0 Å². The van der Waals surface area contributed by atoms with Crippen LogP contribution >= 0.6 is 0 Å². The van der Waals surface area contributed by atoms with Crippen molar-refractivity contribution in [2.45, 2.75) is 39.5 Å². The number of benzene rings is 1. The fourth-order valence-electron chi connectivity index (χ4n) is 3.09. The second kappa shape index (κ2) is 7.73. The highest BCUT2D eigenvalue weighted by molar-refractivity contribution is 5.83. The molecule has 3 nitrogen and oxygen atoms in total. The summed E-state index contributed by atoms with van der Waals surface area (Å²) in [4.78, 5) is 13.6. The van der Waals surface area contributed by atoms with Gasteiger partial charge in [0.2, 0.25) is 0 Å². The van der Waals surface area contributed by atoms with E-state index in [-0.39, 0.29) is 11.4 Å². The smallest absolute Gasteiger partial charge is 0.330 e. The molecule has 3 heteroatoms. The van der Waals surface area contributed by atoms with Crippen molar-refractivity contribution in [1.82, 2.24) is 0 Å². The van der Waals surface area contributed by atoms with E-state index < -0.39 is 0 Å². The van der Waals surface area contributed by atoms with E-state index in [2.05, 4.69) is 61.7 Å². The number of hydrogen-bond donors (Lipinski definition) is 0. The summed E-state index contributed by atoms with van der Waals surface area (Å²) in [7, 11) is 3.55. The zero-order valence-corrected chi connectivity index (χ0v) is 16.2. The van der Waals surface area contributed by atoms with Gasteiger partial charge in [-0.1, -0.05) is 38.1 Å². The van der Waals surface area contributed by atoms with Crippen LogP contribution in [0.2, 0.25) is 0 Å². The molecule has 2 rings (SSSR count). The van der Waals surface area contributed by atoms with Crippen LogP contribution in [0.4, 0.5) is 5.69 Å². The zero-order chi connectivity index (χ0) is 18.6. The van der Waals surface area contributed by atoms with E-state index in [1.54, 1.807) is 0 Å². The molecule has 0 aromatic heterocycles. The Kier molecular flexibility index (Phi) is 5.89. The molecule has 0 unspecified atom stereocenters. The highest BCUT2D eigenvalue weighted by Crippen LogP contribution is 2.40. The lowest BCUT2D eigenvalue weighted by atomic mass is 9.77. The summed E-state index contributed by atoms with van der Waals surface area (Å²) < 4.78 is 4.63. The normalized spacial score (nSPS) is 17.6. The molecular formula is C22H29NO2. The van der Waals surface area contributed by atoms with E-state index in [9.17, 15) is 4.79 Å². The topological polar surface area (TPSA) is 29.5 Å². The van der Waals surface area contributed by atoms with E-state index in [1.807, 2.05) is 19.1 Å². The number of hydrogen-bond acceptors (Lipinski definition) is 3. The molecule has 0 spiro atoms. The van der Waals surface area contributed by atoms with Crippen LogP contribution in [0.3, 0.4) is 0 Å². The van der Waals surface area contributed by atoms with Gasteiger partial charge in [-0.25, -0.2) is 4.79 Å². The molecule has 0 bridgehead atoms. The number of rotatable bonds is 4. The average Bonchev–Trinajstić information content (AvgIpc) is 2.58. The molecule has 0 N–H and O–H groups in total. The fraction of sp³-hybridized carbons (Fsp3) is 0.409. The summed E-state index contributed by atoms with van der Waals surface area (Å²) in [6.45, 7) is 9.74. The van der Waals surface area contributed by atoms with Crippen LogP contribution in [0.25, 0.3) is 5.57 Å². The summed E-state index contributed by atoms with van der Waals surface area (Å²) in [5.41, 5.74) is 6.25. The molecule has 0 atom stereocenters. The number of ether oxygens (including phenoxy) is 1. The van der Waals surface area contributed by atoms with Gasteiger partial charge in [0.15, 0.2) is 0 Å². The largest absolute Gasteiger partial charge is 0.466 e. The predicted molar refractivity (Wildman–Crippen MR) is 106 cm³/mol. The highest BCUT2D eigenvalue weighted by Gasteiger charge is 2.29. The molecular weight excluding hydrogens is 310 g/mol. The number of nitrogens with zero attached hydrogens (tertiary/aromatic N) is 1. The maximum absolute atomic E-state index is 11.2. The molecule has 1 heterocycles. The van der Waals surface area contributed by atoms with Crippen LogP contribution in [-0.2, 0) is 14.9 Å². The van der Waals surface area contributed by atoms with E-state index in [4.69, 9.17) is 0 Å². The van der Waals surface area contributed by atoms with Crippen molar-refractivity contribution in [1.29, 1.82) is 0 Å². The summed E-state index contributed by atoms with van der Waals surface area (Å²) in [5, 5.41) is 0. The third-order valence-electron chi connectivity index (χ3n) is 4.92. The highest BCUT2D eigenvalue weighted by atomic mass is 16.5. The zero-order valence-electron chi connectivity index (χ0n) is 16.2. The molecule has 0 radical (unpaired) electrons. The minimum Gasteiger partial charge on any atom is -0.466 e. The lowest BCUT2D eigenvalue weighted by molar-refractivity contribution is -0.134. The van der Waals surface area contributed by atoms with Gasteiger partial charge in [0.1, 0.15) is 0 Å². The first-order chi connectivity index (χ1) is 11.7. The number of methoxy groups -OCH3 is 1. The van der Waals surface area contributed by atoms with Crippen LogP contribution in [0, 0.1) is 0 Å². The first kappa shape index (κ1) is 19.0. The van der Waals surface area contributed by atoms with Gasteiger partial charge in [0.05, 0.1) is 7.11 Å². The maximum Gasteiger partial charge on any atom is 0.330 e. The number of anilines is 1. The number of allylic oxidation sites excluding steroid dienone is 5. The Morgan fingerprint density at radius 2 is 2.00 bits per heavy atom. The molecule has 1 aromatic rings. The fourth-order valence-corrected chi connectivity index (χ4v) is 3.09. The molecule has 25 heavy (non-hydrogen) atoms. The van der Waals surface area contributed by atoms with Gasteiger partial charge in [-0.2, -0.15) is 0 Å². The number of carbonyl (C=O) groups excluding carboxylic acids is 1. The van der Waals surface area contributed by atoms with Crippen LogP contribution in [-0.4, -0.2) is 26.7 Å². The summed E-state index contributed by atoms with van der Waals surface area (Å²) >= 11 is 0. The van der Waals surface area contributed by atoms with Crippen LogP contribution in [0.1, 0.15) is 45.2 Å². The quantitative estimate of drug-likeness (QED) is 0.445. The first-order valence-electron chi connectivity index (χ1n) is 8.72. The van der Waals surface area contributed by atoms with Gasteiger partial charge in [0.25, 0.3) is 0 Å². The Morgan fingerprint density at radius 1 is 1.28 bits per heavy atom. The van der Waals surface area contributed by atoms with Crippen molar-refractivity contribution < 1.29 is 9.53 Å². The van der Waals surface area contributed by atoms with Crippen LogP contribution in [0.15, 0.2) is 48.1 Å². The first-order valence-corrected chi connectivity index (χ1v) is 8.72. The Balaban J connectivity index is 2.24. The second-order valence-electron chi connectivity index (χ2n) is 7.41. The van der Waals surface area contributed by atoms with Gasteiger partial charge in [0, 0.05) is 25.4 Å². The van der Waals surface area contributed by atoms with E-state index >= 15 is 0 Å². The Bertz CT molecular complexity index is 738. The van der Waals surface area contributed by atoms with Crippen molar-refractivity contribution in [3.63, 3.8) is 0 Å². The maximum atomic E-state index is 11.2. The van der Waals surface area contributed by atoms with Crippen molar-refractivity contribution >= 4 is 17.2 Å². The monoisotopic (exact) mass is 339 g/mol. The molecule has 0 saturated heterocycles. The van der Waals surface area contributed by atoms with Crippen LogP contribution in [0.5, 0.6) is 0 Å². The second-order valence-corrected chi connectivity index (χ2v) is 7.41. The molecule has 0 aliphatic carbocycles. The van der Waals surface area contributed by atoms with Crippen molar-refractivity contribution in [3.05, 3.63) is 59.2 Å². The molecule has 1 aliphatic heterocycles. The average molecular weight is 339 g/mol. The lowest BCUT2D eigenvalue weighted by Gasteiger charge is -2.38. The summed E-state index contributed by atoms with van der Waals surface area (Å²) in [5.74, 6) is -0.330. The Morgan fingerprint density at radius 3 is 2.68 bits per heavy atom. The Labute approximate surface area is 151 Å². The molecule has 134 valence electrons. The number of carbonyl (C=O) groups is 1. The minimum atomic E-state index is -0.330. The molecule has 1 aromatic carbocycles. The lowest BCUT2D eigenvalue weighted by Crippen LogP contribution is -2.34. The SMILES string of the molecule is COC(=O)/C=C(C)/C=C/C=C(\C)c1ccc2c(c1)C(C)(C)CCN2C. The van der Waals surface area contributed by atoms with Crippen molar-refractivity contribution in [2.24, 2.45) is 0 Å². The van der Waals surface area contributed by atoms with Gasteiger partial charge >= 0.3 is 5.97 Å². The Hall–Kier alpha value is -2.29. The summed E-state index contributed by atoms with van der Waals surface area (Å²) in [6, 6.07) is 6.74. The van der Waals surface area contributed by atoms with E-state index in [0.29, 0.717) is 0 Å². The van der Waals surface area contributed by atoms with Crippen LogP contribution < -0.4 is 4.90 Å². The van der Waals surface area contributed by atoms with Gasteiger partial charge in [-0.3, -0.25) is 0 Å². The molecule has 0 amide bonds. The predicted octanol–water partition coefficient (Wildman–Crippen LogP) is 4.88. The van der Waals surface area contributed by atoms with Crippen molar-refractivity contribution in [3.8, 4) is 0 Å². The molecule has 1 aliphatic rings. The molecule has 0 saturated carbocycles.